The Morgan fingerprint density at radius 2 is 1.81 bits per heavy atom. The maximum Gasteiger partial charge on any atom is 0.422 e. The van der Waals surface area contributed by atoms with Crippen molar-refractivity contribution in [1.82, 2.24) is 25.2 Å². The number of allylic oxidation sites excluding steroid dienone is 1. The lowest BCUT2D eigenvalue weighted by atomic mass is 10.0. The third kappa shape index (κ3) is 10.1. The molecule has 5 atom stereocenters. The number of hydrogen-bond donors (Lipinski definition) is 3. The van der Waals surface area contributed by atoms with Gasteiger partial charge in [-0.15, -0.1) is 0 Å². The van der Waals surface area contributed by atoms with Crippen LogP contribution in [0.15, 0.2) is 30.4 Å². The molecule has 0 radical (unpaired) electrons. The average Bonchev–Trinajstić information content (AvgIpc) is 4.05. The number of rotatable bonds is 9. The van der Waals surface area contributed by atoms with Gasteiger partial charge in [0.1, 0.15) is 40.8 Å². The Morgan fingerprint density at radius 3 is 2.48 bits per heavy atom. The molecule has 1 aromatic heterocycles. The Labute approximate surface area is 334 Å². The average molecular weight is 838 g/mol. The molecule has 19 heteroatoms. The highest BCUT2D eigenvalue weighted by Gasteiger charge is 2.62. The Kier molecular flexibility index (Phi) is 12.1. The van der Waals surface area contributed by atoms with Gasteiger partial charge in [0.2, 0.25) is 27.7 Å². The topological polar surface area (TPSA) is 192 Å². The van der Waals surface area contributed by atoms with Crippen molar-refractivity contribution in [3.8, 4) is 17.4 Å². The van der Waals surface area contributed by atoms with Crippen LogP contribution >= 0.6 is 0 Å². The number of methoxy groups -OCH3 is 1. The fourth-order valence-corrected chi connectivity index (χ4v) is 8.75. The Bertz CT molecular complexity index is 2070. The van der Waals surface area contributed by atoms with E-state index in [0.717, 1.165) is 6.42 Å². The molecule has 4 amide bonds. The van der Waals surface area contributed by atoms with Gasteiger partial charge in [0.25, 0.3) is 5.91 Å². The van der Waals surface area contributed by atoms with Gasteiger partial charge in [0, 0.05) is 29.4 Å². The normalized spacial score (nSPS) is 26.2. The van der Waals surface area contributed by atoms with Crippen LogP contribution in [0.2, 0.25) is 0 Å². The zero-order chi connectivity index (χ0) is 42.2. The van der Waals surface area contributed by atoms with Gasteiger partial charge >= 0.3 is 12.3 Å². The number of alkyl carbamates (subject to hydrolysis) is 1. The number of alkyl halides is 3. The highest BCUT2D eigenvalue weighted by atomic mass is 32.2. The van der Waals surface area contributed by atoms with E-state index in [0.29, 0.717) is 48.8 Å². The quantitative estimate of drug-likeness (QED) is 0.296. The van der Waals surface area contributed by atoms with Crippen LogP contribution in [0.4, 0.5) is 18.0 Å². The largest absolute Gasteiger partial charge is 0.496 e. The highest BCUT2D eigenvalue weighted by molar-refractivity contribution is 7.91. The van der Waals surface area contributed by atoms with E-state index in [1.807, 2.05) is 6.08 Å². The standard InChI is InChI=1S/C39H50F3N5O10S/c1-22-29(54-5)16-15-26-30(18-31(44-32(22)26)55-21-39(40,41)42)56-24-17-28-33(48)45-38(35(50)46-58(52,53)25-13-14-25)19-23(38)11-9-7-6-8-10-12-27(34(49)47(28)20-24)43-36(51)57-37(2,3)4/h9,11,15-16,18,23-25,27-28H,6-8,10,12-14,17,19-21H2,1-5H3,(H,43,51)(H,45,48)(H,46,50)/b11-9-/t23?,24-,27+,28+,38-/m1/s1. The Hall–Kier alpha value is -4.81. The summed E-state index contributed by atoms with van der Waals surface area (Å²) < 4.78 is 89.8. The van der Waals surface area contributed by atoms with E-state index >= 15 is 0 Å². The third-order valence-corrected chi connectivity index (χ3v) is 12.4. The van der Waals surface area contributed by atoms with Crippen LogP contribution < -0.4 is 29.6 Å². The van der Waals surface area contributed by atoms with Gasteiger partial charge < -0.3 is 34.5 Å². The van der Waals surface area contributed by atoms with Crippen molar-refractivity contribution in [1.29, 1.82) is 0 Å². The summed E-state index contributed by atoms with van der Waals surface area (Å²) in [5.41, 5.74) is -1.76. The summed E-state index contributed by atoms with van der Waals surface area (Å²) in [6.45, 7) is 4.86. The fraction of sp³-hybridized carbons (Fsp3) is 0.615. The molecular formula is C39H50F3N5O10S. The van der Waals surface area contributed by atoms with E-state index in [-0.39, 0.29) is 43.0 Å². The van der Waals surface area contributed by atoms with Crippen LogP contribution in [-0.4, -0.2) is 103 Å². The summed E-state index contributed by atoms with van der Waals surface area (Å²) in [4.78, 5) is 61.3. The summed E-state index contributed by atoms with van der Waals surface area (Å²) in [6, 6.07) is 2.04. The van der Waals surface area contributed by atoms with E-state index in [1.165, 1.54) is 18.1 Å². The van der Waals surface area contributed by atoms with Crippen molar-refractivity contribution in [3.05, 3.63) is 35.9 Å². The predicted molar refractivity (Wildman–Crippen MR) is 204 cm³/mol. The molecule has 1 unspecified atom stereocenters. The van der Waals surface area contributed by atoms with Crippen molar-refractivity contribution >= 4 is 44.7 Å². The van der Waals surface area contributed by atoms with E-state index in [2.05, 4.69) is 20.3 Å². The number of sulfonamides is 1. The lowest BCUT2D eigenvalue weighted by molar-refractivity contribution is -0.154. The zero-order valence-electron chi connectivity index (χ0n) is 33.1. The van der Waals surface area contributed by atoms with Crippen LogP contribution in [0, 0.1) is 12.8 Å². The molecule has 3 N–H and O–H groups in total. The van der Waals surface area contributed by atoms with E-state index in [9.17, 15) is 40.8 Å². The number of halogens is 3. The van der Waals surface area contributed by atoms with E-state index < -0.39 is 87.1 Å². The smallest absolute Gasteiger partial charge is 0.422 e. The number of nitrogens with one attached hydrogen (secondary N) is 3. The first kappa shape index (κ1) is 42.8. The second kappa shape index (κ2) is 16.4. The molecule has 3 fully saturated rings. The second-order valence-electron chi connectivity index (χ2n) is 16.3. The molecule has 318 valence electrons. The second-order valence-corrected chi connectivity index (χ2v) is 18.3. The SMILES string of the molecule is COc1ccc2c(O[C@@H]3C[C@H]4C(=O)N[C@]5(C(=O)NS(=O)(=O)C6CC6)CC5/C=C\CCCCC[C@H](NC(=O)OC(C)(C)C)C(=O)N4C3)cc(OCC(F)(F)F)nc2c1C. The molecule has 4 aliphatic rings. The fourth-order valence-electron chi connectivity index (χ4n) is 7.38. The molecule has 1 aromatic carbocycles. The van der Waals surface area contributed by atoms with E-state index in [4.69, 9.17) is 18.9 Å². The highest BCUT2D eigenvalue weighted by Crippen LogP contribution is 2.46. The lowest BCUT2D eigenvalue weighted by Gasteiger charge is -2.30. The molecule has 3 heterocycles. The van der Waals surface area contributed by atoms with Crippen molar-refractivity contribution in [3.63, 3.8) is 0 Å². The van der Waals surface area contributed by atoms with Gasteiger partial charge in [-0.3, -0.25) is 19.1 Å². The number of hydrogen-bond acceptors (Lipinski definition) is 11. The number of aromatic nitrogens is 1. The number of aryl methyl sites for hydroxylation is 1. The number of amides is 4. The van der Waals surface area contributed by atoms with Crippen molar-refractivity contribution in [2.24, 2.45) is 5.92 Å². The third-order valence-electron chi connectivity index (χ3n) is 10.6. The molecule has 0 spiro atoms. The molecular weight excluding hydrogens is 788 g/mol. The molecule has 2 aliphatic carbocycles. The van der Waals surface area contributed by atoms with E-state index in [1.54, 1.807) is 45.9 Å². The Morgan fingerprint density at radius 1 is 1.07 bits per heavy atom. The summed E-state index contributed by atoms with van der Waals surface area (Å²) in [6.07, 6.45) is 0.827. The Balaban J connectivity index is 1.35. The molecule has 2 aliphatic heterocycles. The summed E-state index contributed by atoms with van der Waals surface area (Å²) >= 11 is 0. The molecule has 15 nitrogen and oxygen atoms in total. The summed E-state index contributed by atoms with van der Waals surface area (Å²) in [5.74, 6) is -2.69. The minimum atomic E-state index is -4.66. The monoisotopic (exact) mass is 837 g/mol. The van der Waals surface area contributed by atoms with Crippen LogP contribution in [-0.2, 0) is 29.1 Å². The number of pyridine rings is 1. The molecule has 2 saturated carbocycles. The number of carbonyl (C=O) groups is 4. The van der Waals surface area contributed by atoms with Gasteiger partial charge in [-0.1, -0.05) is 25.0 Å². The lowest BCUT2D eigenvalue weighted by Crippen LogP contribution is -2.58. The van der Waals surface area contributed by atoms with Crippen LogP contribution in [0.5, 0.6) is 17.4 Å². The van der Waals surface area contributed by atoms with Crippen LogP contribution in [0.25, 0.3) is 10.9 Å². The number of fused-ring (bicyclic) bond motifs is 3. The molecule has 58 heavy (non-hydrogen) atoms. The number of nitrogens with zero attached hydrogens (tertiary/aromatic N) is 2. The molecule has 1 saturated heterocycles. The first-order valence-corrected chi connectivity index (χ1v) is 20.9. The number of benzene rings is 1. The zero-order valence-corrected chi connectivity index (χ0v) is 33.9. The summed E-state index contributed by atoms with van der Waals surface area (Å²) in [7, 11) is -2.54. The molecule has 2 aromatic rings. The van der Waals surface area contributed by atoms with Crippen molar-refractivity contribution in [2.75, 3.05) is 20.3 Å². The number of carbonyl (C=O) groups excluding carboxylic acids is 4. The van der Waals surface area contributed by atoms with Gasteiger partial charge in [-0.2, -0.15) is 13.2 Å². The first-order chi connectivity index (χ1) is 27.2. The maximum absolute atomic E-state index is 14.5. The van der Waals surface area contributed by atoms with Gasteiger partial charge in [0.15, 0.2) is 6.61 Å². The van der Waals surface area contributed by atoms with Crippen molar-refractivity contribution < 1.29 is 59.7 Å². The molecule has 0 bridgehead atoms. The molecule has 6 rings (SSSR count). The minimum absolute atomic E-state index is 0.0606. The first-order valence-electron chi connectivity index (χ1n) is 19.4. The number of ether oxygens (including phenoxy) is 4. The predicted octanol–water partition coefficient (Wildman–Crippen LogP) is 4.74. The minimum Gasteiger partial charge on any atom is -0.496 e. The van der Waals surface area contributed by atoms with Crippen LogP contribution in [0.1, 0.15) is 84.1 Å². The maximum atomic E-state index is 14.5. The summed E-state index contributed by atoms with van der Waals surface area (Å²) in [5, 5.41) is 5.16. The van der Waals surface area contributed by atoms with Gasteiger partial charge in [-0.05, 0) is 78.4 Å². The van der Waals surface area contributed by atoms with Gasteiger partial charge in [0.05, 0.1) is 24.4 Å². The van der Waals surface area contributed by atoms with Crippen LogP contribution in [0.3, 0.4) is 0 Å². The van der Waals surface area contributed by atoms with Crippen molar-refractivity contribution in [2.45, 2.75) is 126 Å². The van der Waals surface area contributed by atoms with Gasteiger partial charge in [-0.25, -0.2) is 18.2 Å².